The minimum Gasteiger partial charge on any atom is -0.397 e. The van der Waals surface area contributed by atoms with E-state index in [0.29, 0.717) is 6.61 Å². The molecule has 84 valence electrons. The molecule has 1 aromatic carbocycles. The highest BCUT2D eigenvalue weighted by atomic mass is 79.9. The predicted octanol–water partition coefficient (Wildman–Crippen LogP) is 2.87. The zero-order chi connectivity index (χ0) is 11.3. The summed E-state index contributed by atoms with van der Waals surface area (Å²) in [6, 6.07) is 5.79. The molecule has 0 fully saturated rings. The maximum atomic E-state index is 5.83. The molecule has 0 bridgehead atoms. The maximum Gasteiger partial charge on any atom is 0.0642 e. The van der Waals surface area contributed by atoms with Gasteiger partial charge in [-0.25, -0.2) is 0 Å². The molecule has 0 aliphatic rings. The van der Waals surface area contributed by atoms with Gasteiger partial charge in [0.15, 0.2) is 0 Å². The Kier molecular flexibility index (Phi) is 4.91. The standard InChI is InChI=1S/C11H17BrN2O/c1-8(2)15-6-5-14-11-4-3-9(12)7-10(11)13/h3-4,7-8,14H,5-6,13H2,1-2H3. The average molecular weight is 273 g/mol. The van der Waals surface area contributed by atoms with E-state index in [0.717, 1.165) is 22.4 Å². The van der Waals surface area contributed by atoms with Crippen molar-refractivity contribution in [3.05, 3.63) is 22.7 Å². The third-order valence-corrected chi connectivity index (χ3v) is 2.38. The van der Waals surface area contributed by atoms with Gasteiger partial charge in [0.25, 0.3) is 0 Å². The summed E-state index contributed by atoms with van der Waals surface area (Å²) in [5.41, 5.74) is 7.52. The molecular weight excluding hydrogens is 256 g/mol. The largest absolute Gasteiger partial charge is 0.397 e. The molecule has 0 amide bonds. The molecule has 0 radical (unpaired) electrons. The minimum atomic E-state index is 0.272. The number of hydrogen-bond donors (Lipinski definition) is 2. The molecule has 0 atom stereocenters. The van der Waals surface area contributed by atoms with E-state index < -0.39 is 0 Å². The van der Waals surface area contributed by atoms with Crippen molar-refractivity contribution in [1.29, 1.82) is 0 Å². The zero-order valence-electron chi connectivity index (χ0n) is 9.09. The van der Waals surface area contributed by atoms with Crippen LogP contribution in [0, 0.1) is 0 Å². The van der Waals surface area contributed by atoms with Crippen LogP contribution < -0.4 is 11.1 Å². The topological polar surface area (TPSA) is 47.3 Å². The second kappa shape index (κ2) is 5.98. The number of rotatable bonds is 5. The SMILES string of the molecule is CC(C)OCCNc1ccc(Br)cc1N. The van der Waals surface area contributed by atoms with E-state index in [1.165, 1.54) is 0 Å². The van der Waals surface area contributed by atoms with Gasteiger partial charge in [0.2, 0.25) is 0 Å². The highest BCUT2D eigenvalue weighted by molar-refractivity contribution is 9.10. The lowest BCUT2D eigenvalue weighted by atomic mass is 10.3. The molecule has 0 heterocycles. The molecule has 4 heteroatoms. The van der Waals surface area contributed by atoms with Crippen LogP contribution in [0.2, 0.25) is 0 Å². The van der Waals surface area contributed by atoms with Crippen LogP contribution in [0.15, 0.2) is 22.7 Å². The van der Waals surface area contributed by atoms with Gasteiger partial charge in [0.05, 0.1) is 24.1 Å². The van der Waals surface area contributed by atoms with E-state index in [4.69, 9.17) is 10.5 Å². The van der Waals surface area contributed by atoms with Crippen LogP contribution in [0.3, 0.4) is 0 Å². The second-order valence-corrected chi connectivity index (χ2v) is 4.49. The molecule has 1 aromatic rings. The van der Waals surface area contributed by atoms with E-state index in [2.05, 4.69) is 21.2 Å². The van der Waals surface area contributed by atoms with Gasteiger partial charge in [-0.2, -0.15) is 0 Å². The normalized spacial score (nSPS) is 10.7. The van der Waals surface area contributed by atoms with Gasteiger partial charge in [-0.3, -0.25) is 0 Å². The summed E-state index contributed by atoms with van der Waals surface area (Å²) < 4.78 is 6.40. The molecule has 3 N–H and O–H groups in total. The molecule has 0 saturated carbocycles. The molecule has 1 rings (SSSR count). The van der Waals surface area contributed by atoms with Crippen molar-refractivity contribution in [3.63, 3.8) is 0 Å². The highest BCUT2D eigenvalue weighted by Crippen LogP contribution is 2.22. The lowest BCUT2D eigenvalue weighted by Crippen LogP contribution is -2.13. The molecule has 3 nitrogen and oxygen atoms in total. The number of halogens is 1. The summed E-state index contributed by atoms with van der Waals surface area (Å²) in [6.45, 7) is 5.50. The quantitative estimate of drug-likeness (QED) is 0.640. The van der Waals surface area contributed by atoms with Crippen molar-refractivity contribution in [2.75, 3.05) is 24.2 Å². The fourth-order valence-corrected chi connectivity index (χ4v) is 1.55. The summed E-state index contributed by atoms with van der Waals surface area (Å²) in [5, 5.41) is 3.22. The summed E-state index contributed by atoms with van der Waals surface area (Å²) in [5.74, 6) is 0. The number of benzene rings is 1. The molecule has 0 saturated heterocycles. The fourth-order valence-electron chi connectivity index (χ4n) is 1.17. The predicted molar refractivity (Wildman–Crippen MR) is 68.1 cm³/mol. The zero-order valence-corrected chi connectivity index (χ0v) is 10.7. The van der Waals surface area contributed by atoms with Crippen molar-refractivity contribution in [3.8, 4) is 0 Å². The Labute approximate surface area is 99.1 Å². The van der Waals surface area contributed by atoms with E-state index in [1.807, 2.05) is 32.0 Å². The van der Waals surface area contributed by atoms with Gasteiger partial charge in [-0.15, -0.1) is 0 Å². The van der Waals surface area contributed by atoms with Crippen molar-refractivity contribution >= 4 is 27.3 Å². The van der Waals surface area contributed by atoms with E-state index in [9.17, 15) is 0 Å². The van der Waals surface area contributed by atoms with E-state index in [1.54, 1.807) is 0 Å². The van der Waals surface area contributed by atoms with E-state index in [-0.39, 0.29) is 6.10 Å². The van der Waals surface area contributed by atoms with Crippen molar-refractivity contribution in [2.45, 2.75) is 20.0 Å². The maximum absolute atomic E-state index is 5.83. The highest BCUT2D eigenvalue weighted by Gasteiger charge is 1.99. The lowest BCUT2D eigenvalue weighted by molar-refractivity contribution is 0.0871. The second-order valence-electron chi connectivity index (χ2n) is 3.58. The average Bonchev–Trinajstić information content (AvgIpc) is 2.14. The Morgan fingerprint density at radius 2 is 2.20 bits per heavy atom. The first kappa shape index (κ1) is 12.3. The van der Waals surface area contributed by atoms with Gasteiger partial charge in [0.1, 0.15) is 0 Å². The minimum absolute atomic E-state index is 0.272. The molecule has 0 aromatic heterocycles. The van der Waals surface area contributed by atoms with Crippen LogP contribution in [0.5, 0.6) is 0 Å². The number of anilines is 2. The number of nitrogens with one attached hydrogen (secondary N) is 1. The van der Waals surface area contributed by atoms with Gasteiger partial charge in [-0.1, -0.05) is 15.9 Å². The number of nitrogens with two attached hydrogens (primary N) is 1. The third kappa shape index (κ3) is 4.53. The summed E-state index contributed by atoms with van der Waals surface area (Å²) in [4.78, 5) is 0. The van der Waals surface area contributed by atoms with Crippen molar-refractivity contribution in [1.82, 2.24) is 0 Å². The first-order chi connectivity index (χ1) is 7.09. The third-order valence-electron chi connectivity index (χ3n) is 1.88. The summed E-state index contributed by atoms with van der Waals surface area (Å²) in [6.07, 6.45) is 0.272. The molecule has 0 aliphatic carbocycles. The number of ether oxygens (including phenoxy) is 1. The molecule has 0 spiro atoms. The number of nitrogen functional groups attached to an aromatic ring is 1. The van der Waals surface area contributed by atoms with Gasteiger partial charge in [-0.05, 0) is 32.0 Å². The lowest BCUT2D eigenvalue weighted by Gasteiger charge is -2.11. The van der Waals surface area contributed by atoms with Crippen LogP contribution in [0.25, 0.3) is 0 Å². The Balaban J connectivity index is 2.37. The van der Waals surface area contributed by atoms with Crippen molar-refractivity contribution in [2.24, 2.45) is 0 Å². The van der Waals surface area contributed by atoms with Crippen LogP contribution >= 0.6 is 15.9 Å². The van der Waals surface area contributed by atoms with Crippen LogP contribution in [-0.2, 0) is 4.74 Å². The van der Waals surface area contributed by atoms with Crippen LogP contribution in [-0.4, -0.2) is 19.3 Å². The smallest absolute Gasteiger partial charge is 0.0642 e. The van der Waals surface area contributed by atoms with Gasteiger partial charge >= 0.3 is 0 Å². The first-order valence-electron chi connectivity index (χ1n) is 5.00. The Morgan fingerprint density at radius 3 is 2.80 bits per heavy atom. The Hall–Kier alpha value is -0.740. The van der Waals surface area contributed by atoms with Crippen LogP contribution in [0.1, 0.15) is 13.8 Å². The molecular formula is C11H17BrN2O. The van der Waals surface area contributed by atoms with Gasteiger partial charge < -0.3 is 15.8 Å². The molecule has 15 heavy (non-hydrogen) atoms. The number of hydrogen-bond acceptors (Lipinski definition) is 3. The first-order valence-corrected chi connectivity index (χ1v) is 5.79. The summed E-state index contributed by atoms with van der Waals surface area (Å²) in [7, 11) is 0. The molecule has 0 aliphatic heterocycles. The van der Waals surface area contributed by atoms with E-state index >= 15 is 0 Å². The molecule has 0 unspecified atom stereocenters. The summed E-state index contributed by atoms with van der Waals surface area (Å²) >= 11 is 3.36. The van der Waals surface area contributed by atoms with Gasteiger partial charge in [0, 0.05) is 11.0 Å². The fraction of sp³-hybridized carbons (Fsp3) is 0.455. The monoisotopic (exact) mass is 272 g/mol. The van der Waals surface area contributed by atoms with Crippen LogP contribution in [0.4, 0.5) is 11.4 Å². The van der Waals surface area contributed by atoms with Crippen molar-refractivity contribution < 1.29 is 4.74 Å². The Bertz CT molecular complexity index is 315. The Morgan fingerprint density at radius 1 is 1.47 bits per heavy atom.